The van der Waals surface area contributed by atoms with Crippen LogP contribution in [0.3, 0.4) is 0 Å². The van der Waals surface area contributed by atoms with Crippen molar-refractivity contribution < 1.29 is 25.2 Å². The molecule has 1 aliphatic heterocycles. The van der Waals surface area contributed by atoms with Gasteiger partial charge < -0.3 is 25.2 Å². The van der Waals surface area contributed by atoms with Crippen LogP contribution < -0.4 is 0 Å². The molecule has 1 saturated heterocycles. The fourth-order valence-electron chi connectivity index (χ4n) is 0.764. The third-order valence-corrected chi connectivity index (χ3v) is 1.47. The smallest absolute Gasteiger partial charge is 0.261 e. The minimum atomic E-state index is -1.50. The maximum Gasteiger partial charge on any atom is 0.261 e. The lowest BCUT2D eigenvalue weighted by Crippen LogP contribution is -2.45. The highest BCUT2D eigenvalue weighted by atomic mass is 16.8. The van der Waals surface area contributed by atoms with Crippen LogP contribution in [0.15, 0.2) is 0 Å². The lowest BCUT2D eigenvalue weighted by molar-refractivity contribution is -0.141. The molecule has 3 radical (unpaired) electrons. The first kappa shape index (κ1) is 8.89. The van der Waals surface area contributed by atoms with Crippen LogP contribution in [0.4, 0.5) is 0 Å². The van der Waals surface area contributed by atoms with Gasteiger partial charge in [0, 0.05) is 0 Å². The number of hydrogen-bond donors (Lipinski definition) is 4. The van der Waals surface area contributed by atoms with E-state index in [1.54, 1.807) is 0 Å². The number of aliphatic hydroxyl groups is 4. The monoisotopic (exact) mass is 167 g/mol. The molecule has 0 aromatic carbocycles. The first-order valence-corrected chi connectivity index (χ1v) is 3.03. The Morgan fingerprint density at radius 1 is 1.18 bits per heavy atom. The number of hydrogen-bond acceptors (Lipinski definition) is 5. The Hall–Kier alpha value is -0.200. The minimum Gasteiger partial charge on any atom is -0.387 e. The molecule has 0 saturated carbocycles. The SMILES string of the molecule is [13CH3][13C]1O[13C](O)[13C](O)[13CH](O)[13CH]1O. The van der Waals surface area contributed by atoms with Gasteiger partial charge in [0.05, 0.1) is 0 Å². The van der Waals surface area contributed by atoms with Crippen molar-refractivity contribution in [1.82, 2.24) is 0 Å². The third-order valence-electron chi connectivity index (χ3n) is 1.47. The zero-order valence-corrected chi connectivity index (χ0v) is 5.85. The molecule has 1 rings (SSSR count). The highest BCUT2D eigenvalue weighted by molar-refractivity contribution is 5.12. The molecular weight excluding hydrogens is 158 g/mol. The van der Waals surface area contributed by atoms with Crippen molar-refractivity contribution in [2.24, 2.45) is 0 Å². The summed E-state index contributed by atoms with van der Waals surface area (Å²) < 4.78 is 4.47. The second-order valence-corrected chi connectivity index (χ2v) is 2.29. The normalized spacial score (nSPS) is 37.9. The molecule has 0 spiro atoms. The summed E-state index contributed by atoms with van der Waals surface area (Å²) in [5.41, 5.74) is 0. The van der Waals surface area contributed by atoms with E-state index in [0.717, 1.165) is 0 Å². The topological polar surface area (TPSA) is 90.2 Å². The van der Waals surface area contributed by atoms with E-state index in [9.17, 15) is 0 Å². The molecule has 0 aromatic rings. The van der Waals surface area contributed by atoms with Gasteiger partial charge in [-0.2, -0.15) is 0 Å². The molecule has 2 unspecified atom stereocenters. The van der Waals surface area contributed by atoms with E-state index in [2.05, 4.69) is 4.74 Å². The molecule has 1 fully saturated rings. The van der Waals surface area contributed by atoms with Crippen LogP contribution in [0.25, 0.3) is 0 Å². The molecular formula is C6H9O5. The maximum atomic E-state index is 9.02. The van der Waals surface area contributed by atoms with Gasteiger partial charge in [0.1, 0.15) is 18.3 Å². The summed E-state index contributed by atoms with van der Waals surface area (Å²) in [6.45, 7) is 1.39. The van der Waals surface area contributed by atoms with Crippen molar-refractivity contribution in [2.45, 2.75) is 19.1 Å². The Morgan fingerprint density at radius 2 is 1.73 bits per heavy atom. The predicted octanol–water partition coefficient (Wildman–Crippen LogP) is -0.943. The average Bonchev–Trinajstić information content (AvgIpc) is 1.97. The highest BCUT2D eigenvalue weighted by Gasteiger charge is 2.43. The van der Waals surface area contributed by atoms with Crippen LogP contribution in [0.2, 0.25) is 0 Å². The Bertz CT molecular complexity index is 125. The lowest BCUT2D eigenvalue weighted by atomic mass is 11.0. The van der Waals surface area contributed by atoms with Gasteiger partial charge in [-0.05, 0) is 6.92 Å². The van der Waals surface area contributed by atoms with Gasteiger partial charge in [-0.1, -0.05) is 0 Å². The van der Waals surface area contributed by atoms with E-state index >= 15 is 0 Å². The van der Waals surface area contributed by atoms with Crippen LogP contribution in [0, 0.1) is 18.5 Å². The van der Waals surface area contributed by atoms with Crippen LogP contribution in [-0.4, -0.2) is 32.6 Å². The second-order valence-electron chi connectivity index (χ2n) is 2.29. The Kier molecular flexibility index (Phi) is 2.46. The molecule has 63 valence electrons. The number of ether oxygens (including phenoxy) is 1. The lowest BCUT2D eigenvalue weighted by Gasteiger charge is -2.33. The summed E-state index contributed by atoms with van der Waals surface area (Å²) in [5, 5.41) is 35.6. The minimum absolute atomic E-state index is 0.0489. The number of rotatable bonds is 0. The van der Waals surface area contributed by atoms with Gasteiger partial charge in [0.2, 0.25) is 0 Å². The van der Waals surface area contributed by atoms with Crippen molar-refractivity contribution in [3.8, 4) is 0 Å². The Morgan fingerprint density at radius 3 is 2.27 bits per heavy atom. The summed E-state index contributed by atoms with van der Waals surface area (Å²) in [6.07, 6.45) is -4.24. The summed E-state index contributed by atoms with van der Waals surface area (Å²) in [6, 6.07) is 0. The van der Waals surface area contributed by atoms with Crippen molar-refractivity contribution in [3.63, 3.8) is 0 Å². The van der Waals surface area contributed by atoms with E-state index in [0.29, 0.717) is 0 Å². The summed E-state index contributed by atoms with van der Waals surface area (Å²) >= 11 is 0. The van der Waals surface area contributed by atoms with Crippen molar-refractivity contribution in [2.75, 3.05) is 0 Å². The van der Waals surface area contributed by atoms with Gasteiger partial charge in [-0.15, -0.1) is 0 Å². The molecule has 0 amide bonds. The van der Waals surface area contributed by atoms with E-state index in [4.69, 9.17) is 20.4 Å². The summed E-state index contributed by atoms with van der Waals surface area (Å²) in [4.78, 5) is 0. The molecule has 2 atom stereocenters. The number of aliphatic hydroxyl groups excluding tert-OH is 4. The standard InChI is InChI=1S/C6H9O5/c1-2-3(7)4(8)5(9)6(10)11-2/h3-4,7-10H,1H3/i1+1,2+1,3+1,4+1,5+1,6+1. The zero-order chi connectivity index (χ0) is 8.59. The molecule has 1 aliphatic rings. The van der Waals surface area contributed by atoms with E-state index in [-0.39, 0.29) is 6.10 Å². The first-order chi connectivity index (χ1) is 5.04. The Balaban J connectivity index is 2.63. The molecule has 11 heavy (non-hydrogen) atoms. The quantitative estimate of drug-likeness (QED) is 0.349. The van der Waals surface area contributed by atoms with Gasteiger partial charge in [0.15, 0.2) is 6.10 Å². The Labute approximate surface area is 63.8 Å². The summed E-state index contributed by atoms with van der Waals surface area (Å²) in [7, 11) is 0. The van der Waals surface area contributed by atoms with Gasteiger partial charge in [-0.3, -0.25) is 0 Å². The molecule has 1 heterocycles. The first-order valence-electron chi connectivity index (χ1n) is 3.03. The molecule has 0 bridgehead atoms. The van der Waals surface area contributed by atoms with E-state index in [1.165, 1.54) is 6.92 Å². The zero-order valence-electron chi connectivity index (χ0n) is 5.85. The maximum absolute atomic E-state index is 9.02. The van der Waals surface area contributed by atoms with E-state index < -0.39 is 24.6 Å². The average molecular weight is 167 g/mol. The molecule has 5 heteroatoms. The second kappa shape index (κ2) is 3.04. The van der Waals surface area contributed by atoms with Crippen molar-refractivity contribution in [3.05, 3.63) is 18.5 Å². The van der Waals surface area contributed by atoms with Crippen LogP contribution in [0.5, 0.6) is 0 Å². The summed E-state index contributed by atoms with van der Waals surface area (Å²) in [5.74, 6) is 0. The largest absolute Gasteiger partial charge is 0.387 e. The van der Waals surface area contributed by atoms with Gasteiger partial charge in [-0.25, -0.2) is 0 Å². The molecule has 0 aromatic heterocycles. The fraction of sp³-hybridized carbons (Fsp3) is 0.500. The molecule has 0 aliphatic carbocycles. The van der Waals surface area contributed by atoms with Crippen molar-refractivity contribution >= 4 is 0 Å². The highest BCUT2D eigenvalue weighted by Crippen LogP contribution is 2.32. The fourth-order valence-corrected chi connectivity index (χ4v) is 0.764. The van der Waals surface area contributed by atoms with Crippen molar-refractivity contribution in [1.29, 1.82) is 0 Å². The van der Waals surface area contributed by atoms with E-state index in [1.807, 2.05) is 0 Å². The van der Waals surface area contributed by atoms with Crippen LogP contribution in [0.1, 0.15) is 6.92 Å². The van der Waals surface area contributed by atoms with Gasteiger partial charge in [0.25, 0.3) is 6.29 Å². The molecule has 4 N–H and O–H groups in total. The van der Waals surface area contributed by atoms with Gasteiger partial charge >= 0.3 is 0 Å². The van der Waals surface area contributed by atoms with Crippen LogP contribution >= 0.6 is 0 Å². The third kappa shape index (κ3) is 1.52. The molecule has 5 nitrogen and oxygen atoms in total. The predicted molar refractivity (Wildman–Crippen MR) is 32.4 cm³/mol. The van der Waals surface area contributed by atoms with Crippen LogP contribution in [-0.2, 0) is 4.74 Å².